The van der Waals surface area contributed by atoms with E-state index >= 15 is 0 Å². The van der Waals surface area contributed by atoms with Gasteiger partial charge in [0.15, 0.2) is 0 Å². The average molecular weight is 555 g/mol. The third kappa shape index (κ3) is 4.91. The molecule has 0 aromatic heterocycles. The van der Waals surface area contributed by atoms with Crippen LogP contribution in [0.2, 0.25) is 0 Å². The topological polar surface area (TPSA) is 107 Å². The molecule has 3 aromatic carbocycles. The first kappa shape index (κ1) is 26.5. The van der Waals surface area contributed by atoms with Crippen LogP contribution in [0, 0.1) is 5.82 Å². The van der Waals surface area contributed by atoms with Gasteiger partial charge in [-0.3, -0.25) is 39.1 Å². The molecule has 3 aromatic rings. The molecule has 6 rings (SSSR count). The second-order valence-electron chi connectivity index (χ2n) is 10.4. The van der Waals surface area contributed by atoms with Crippen LogP contribution in [0.25, 0.3) is 11.1 Å². The van der Waals surface area contributed by atoms with E-state index in [1.54, 1.807) is 35.2 Å². The molecule has 1 N–H and O–H groups in total. The maximum Gasteiger partial charge on any atom is 0.262 e. The fourth-order valence-electron chi connectivity index (χ4n) is 5.76. The minimum Gasteiger partial charge on any atom is -0.336 e. The molecule has 1 unspecified atom stereocenters. The lowest BCUT2D eigenvalue weighted by molar-refractivity contribution is -0.136. The van der Waals surface area contributed by atoms with Gasteiger partial charge in [0.1, 0.15) is 11.9 Å². The van der Waals surface area contributed by atoms with Gasteiger partial charge in [-0.1, -0.05) is 42.5 Å². The van der Waals surface area contributed by atoms with Gasteiger partial charge in [-0.25, -0.2) is 4.39 Å². The van der Waals surface area contributed by atoms with Crippen molar-refractivity contribution in [1.29, 1.82) is 0 Å². The first-order valence-electron chi connectivity index (χ1n) is 13.5. The van der Waals surface area contributed by atoms with Gasteiger partial charge in [-0.2, -0.15) is 0 Å². The van der Waals surface area contributed by atoms with Crippen LogP contribution in [0.5, 0.6) is 0 Å². The largest absolute Gasteiger partial charge is 0.336 e. The highest BCUT2D eigenvalue weighted by atomic mass is 19.1. The van der Waals surface area contributed by atoms with Crippen molar-refractivity contribution in [3.05, 3.63) is 94.8 Å². The fourth-order valence-corrected chi connectivity index (χ4v) is 5.76. The van der Waals surface area contributed by atoms with Crippen LogP contribution < -0.4 is 5.32 Å². The average Bonchev–Trinajstić information content (AvgIpc) is 3.23. The molecule has 5 amide bonds. The molecule has 0 aliphatic carbocycles. The number of carbonyl (C=O) groups is 5. The molecular formula is C31H27FN4O5. The number of benzene rings is 3. The van der Waals surface area contributed by atoms with E-state index in [4.69, 9.17) is 0 Å². The molecule has 3 heterocycles. The lowest BCUT2D eigenvalue weighted by Gasteiger charge is -2.35. The van der Waals surface area contributed by atoms with Crippen molar-refractivity contribution < 1.29 is 28.4 Å². The number of imide groups is 2. The first-order valence-corrected chi connectivity index (χ1v) is 13.5. The molecule has 0 radical (unpaired) electrons. The minimum atomic E-state index is -1.02. The van der Waals surface area contributed by atoms with Crippen LogP contribution in [0.15, 0.2) is 66.7 Å². The van der Waals surface area contributed by atoms with Crippen molar-refractivity contribution in [3.63, 3.8) is 0 Å². The summed E-state index contributed by atoms with van der Waals surface area (Å²) < 4.78 is 14.1. The van der Waals surface area contributed by atoms with Crippen LogP contribution in [0.4, 0.5) is 4.39 Å². The highest BCUT2D eigenvalue weighted by Gasteiger charge is 2.45. The second-order valence-corrected chi connectivity index (χ2v) is 10.4. The predicted octanol–water partition coefficient (Wildman–Crippen LogP) is 2.85. The van der Waals surface area contributed by atoms with Crippen molar-refractivity contribution in [2.75, 3.05) is 26.2 Å². The summed E-state index contributed by atoms with van der Waals surface area (Å²) >= 11 is 0. The molecule has 3 aliphatic rings. The third-order valence-corrected chi connectivity index (χ3v) is 7.88. The second kappa shape index (κ2) is 10.7. The number of halogens is 1. The van der Waals surface area contributed by atoms with E-state index in [9.17, 15) is 28.4 Å². The Morgan fingerprint density at radius 2 is 1.59 bits per heavy atom. The molecule has 10 heteroatoms. The van der Waals surface area contributed by atoms with E-state index in [1.807, 2.05) is 24.3 Å². The summed E-state index contributed by atoms with van der Waals surface area (Å²) in [5.74, 6) is -2.98. The van der Waals surface area contributed by atoms with Crippen LogP contribution in [0.1, 0.15) is 49.5 Å². The van der Waals surface area contributed by atoms with E-state index in [1.165, 1.54) is 12.1 Å². The third-order valence-electron chi connectivity index (χ3n) is 7.88. The molecule has 41 heavy (non-hydrogen) atoms. The number of carbonyl (C=O) groups excluding carboxylic acids is 5. The Morgan fingerprint density at radius 3 is 2.34 bits per heavy atom. The Morgan fingerprint density at radius 1 is 0.854 bits per heavy atom. The summed E-state index contributed by atoms with van der Waals surface area (Å²) in [5, 5.41) is 2.22. The molecule has 9 nitrogen and oxygen atoms in total. The summed E-state index contributed by atoms with van der Waals surface area (Å²) in [5.41, 5.74) is 2.91. The van der Waals surface area contributed by atoms with Crippen molar-refractivity contribution in [2.45, 2.75) is 25.4 Å². The molecule has 208 valence electrons. The number of piperazine rings is 1. The highest BCUT2D eigenvalue weighted by Crippen LogP contribution is 2.35. The quantitative estimate of drug-likeness (QED) is 0.486. The number of hydrogen-bond donors (Lipinski definition) is 1. The van der Waals surface area contributed by atoms with Crippen LogP contribution in [-0.2, 0) is 16.1 Å². The number of fused-ring (bicyclic) bond motifs is 1. The van der Waals surface area contributed by atoms with Crippen molar-refractivity contribution >= 4 is 29.5 Å². The molecule has 2 saturated heterocycles. The van der Waals surface area contributed by atoms with E-state index in [0.29, 0.717) is 38.3 Å². The molecule has 3 aliphatic heterocycles. The Labute approximate surface area is 235 Å². The number of piperidine rings is 1. The van der Waals surface area contributed by atoms with E-state index in [0.717, 1.165) is 16.0 Å². The number of rotatable bonds is 5. The Bertz CT molecular complexity index is 1600. The molecule has 0 bridgehead atoms. The number of nitrogens with one attached hydrogen (secondary N) is 1. The summed E-state index contributed by atoms with van der Waals surface area (Å²) in [4.78, 5) is 68.4. The summed E-state index contributed by atoms with van der Waals surface area (Å²) in [6.07, 6.45) is 0.157. The van der Waals surface area contributed by atoms with Gasteiger partial charge in [-0.05, 0) is 47.4 Å². The van der Waals surface area contributed by atoms with Crippen molar-refractivity contribution in [1.82, 2.24) is 20.0 Å². The molecule has 0 spiro atoms. The Kier molecular flexibility index (Phi) is 6.92. The Balaban J connectivity index is 1.17. The zero-order chi connectivity index (χ0) is 28.7. The normalized spacial score (nSPS) is 19.4. The molecule has 1 atom stereocenters. The maximum absolute atomic E-state index is 14.1. The van der Waals surface area contributed by atoms with Gasteiger partial charge in [-0.15, -0.1) is 0 Å². The van der Waals surface area contributed by atoms with Crippen LogP contribution >= 0.6 is 0 Å². The van der Waals surface area contributed by atoms with E-state index < -0.39 is 35.5 Å². The summed E-state index contributed by atoms with van der Waals surface area (Å²) in [6, 6.07) is 17.8. The lowest BCUT2D eigenvalue weighted by atomic mass is 9.95. The van der Waals surface area contributed by atoms with Crippen molar-refractivity contribution in [2.24, 2.45) is 0 Å². The maximum atomic E-state index is 14.1. The number of nitrogens with zero attached hydrogens (tertiary/aromatic N) is 3. The van der Waals surface area contributed by atoms with Crippen LogP contribution in [-0.4, -0.2) is 76.5 Å². The zero-order valence-electron chi connectivity index (χ0n) is 22.1. The zero-order valence-corrected chi connectivity index (χ0v) is 22.1. The number of amides is 5. The smallest absolute Gasteiger partial charge is 0.262 e. The highest BCUT2D eigenvalue weighted by molar-refractivity contribution is 6.25. The van der Waals surface area contributed by atoms with Gasteiger partial charge in [0.25, 0.3) is 17.7 Å². The van der Waals surface area contributed by atoms with Gasteiger partial charge in [0.05, 0.1) is 16.7 Å². The van der Waals surface area contributed by atoms with Gasteiger partial charge < -0.3 is 4.90 Å². The first-order chi connectivity index (χ1) is 19.8. The lowest BCUT2D eigenvalue weighted by Crippen LogP contribution is -2.54. The molecule has 2 fully saturated rings. The SMILES string of the molecule is O=C1CCC(N2C(=O)c3cccc(-c4cccc(CN5CCN(C(=O)c6ccccc6F)CC5)c4)c3C2=O)C(=O)N1. The monoisotopic (exact) mass is 554 g/mol. The Hall–Kier alpha value is -4.70. The molecular weight excluding hydrogens is 527 g/mol. The predicted molar refractivity (Wildman–Crippen MR) is 146 cm³/mol. The number of hydrogen-bond acceptors (Lipinski definition) is 6. The van der Waals surface area contributed by atoms with Crippen molar-refractivity contribution in [3.8, 4) is 11.1 Å². The molecule has 0 saturated carbocycles. The van der Waals surface area contributed by atoms with E-state index in [2.05, 4.69) is 10.2 Å². The standard InChI is InChI=1S/C31H27FN4O5/c32-24-10-2-1-7-22(24)29(39)35-15-13-34(14-16-35)18-19-5-3-6-20(17-19)21-8-4-9-23-27(21)31(41)36(30(23)40)25-11-12-26(37)33-28(25)38/h1-10,17,25H,11-16,18H2,(H,33,37,38). The van der Waals surface area contributed by atoms with Gasteiger partial charge in [0, 0.05) is 39.1 Å². The minimum absolute atomic E-state index is 0.0598. The van der Waals surface area contributed by atoms with E-state index in [-0.39, 0.29) is 35.4 Å². The van der Waals surface area contributed by atoms with Crippen LogP contribution in [0.3, 0.4) is 0 Å². The van der Waals surface area contributed by atoms with Gasteiger partial charge >= 0.3 is 0 Å². The summed E-state index contributed by atoms with van der Waals surface area (Å²) in [6.45, 7) is 2.82. The fraction of sp³-hybridized carbons (Fsp3) is 0.258. The summed E-state index contributed by atoms with van der Waals surface area (Å²) in [7, 11) is 0. The van der Waals surface area contributed by atoms with Gasteiger partial charge in [0.2, 0.25) is 11.8 Å².